The van der Waals surface area contributed by atoms with Gasteiger partial charge in [-0.2, -0.15) is 0 Å². The lowest BCUT2D eigenvalue weighted by atomic mass is 10.2. The summed E-state index contributed by atoms with van der Waals surface area (Å²) >= 11 is 5.08. The molecule has 0 radical (unpaired) electrons. The van der Waals surface area contributed by atoms with E-state index in [0.29, 0.717) is 0 Å². The number of carbonyl (C=O) groups excluding carboxylic acids is 2. The first-order valence-corrected chi connectivity index (χ1v) is 3.41. The fourth-order valence-corrected chi connectivity index (χ4v) is 0.533. The van der Waals surface area contributed by atoms with E-state index in [9.17, 15) is 9.59 Å². The van der Waals surface area contributed by atoms with Crippen molar-refractivity contribution in [2.24, 2.45) is 0 Å². The van der Waals surface area contributed by atoms with E-state index in [2.05, 4.69) is 4.74 Å². The van der Waals surface area contributed by atoms with Gasteiger partial charge in [0.2, 0.25) is 0 Å². The van der Waals surface area contributed by atoms with Crippen molar-refractivity contribution in [2.75, 3.05) is 6.07 Å². The molecule has 0 atom stereocenters. The summed E-state index contributed by atoms with van der Waals surface area (Å²) in [6.45, 7) is 1.42. The van der Waals surface area contributed by atoms with E-state index in [-0.39, 0.29) is 24.7 Å². The molecule has 0 amide bonds. The number of Topliss-reactive ketones (excluding diaryl/α,β-unsaturated/α-hetero) is 1. The lowest BCUT2D eigenvalue weighted by molar-refractivity contribution is -0.142. The van der Waals surface area contributed by atoms with Crippen LogP contribution in [0.2, 0.25) is 0 Å². The van der Waals surface area contributed by atoms with Crippen LogP contribution in [-0.4, -0.2) is 17.8 Å². The lowest BCUT2D eigenvalue weighted by Crippen LogP contribution is -2.04. The third-order valence-electron chi connectivity index (χ3n) is 0.897. The van der Waals surface area contributed by atoms with E-state index in [1.54, 1.807) is 0 Å². The third kappa shape index (κ3) is 5.56. The van der Waals surface area contributed by atoms with E-state index in [1.165, 1.54) is 6.92 Å². The van der Waals surface area contributed by atoms with Crippen molar-refractivity contribution in [3.63, 3.8) is 0 Å². The van der Waals surface area contributed by atoms with E-state index < -0.39 is 5.97 Å². The summed E-state index contributed by atoms with van der Waals surface area (Å²) in [5.74, 6) is -0.447. The maximum absolute atomic E-state index is 10.5. The normalized spacial score (nSPS) is 9.00. The quantitative estimate of drug-likeness (QED) is 0.462. The summed E-state index contributed by atoms with van der Waals surface area (Å²) < 4.78 is 4.37. The van der Waals surface area contributed by atoms with Gasteiger partial charge < -0.3 is 9.53 Å². The van der Waals surface area contributed by atoms with Crippen LogP contribution in [0.3, 0.4) is 0 Å². The second-order valence-corrected chi connectivity index (χ2v) is 2.05. The lowest BCUT2D eigenvalue weighted by Gasteiger charge is -1.96. The highest BCUT2D eigenvalue weighted by Crippen LogP contribution is 1.94. The smallest absolute Gasteiger partial charge is 0.307 e. The molecular weight excluding hydrogens is 156 g/mol. The number of halogens is 1. The summed E-state index contributed by atoms with van der Waals surface area (Å²) in [4.78, 5) is 20.8. The van der Waals surface area contributed by atoms with Crippen LogP contribution in [0.1, 0.15) is 19.8 Å². The van der Waals surface area contributed by atoms with Crippen LogP contribution < -0.4 is 0 Å². The summed E-state index contributed by atoms with van der Waals surface area (Å²) in [5.41, 5.74) is 0. The number of carbonyl (C=O) groups is 2. The minimum atomic E-state index is -0.426. The van der Waals surface area contributed by atoms with Gasteiger partial charge in [0.1, 0.15) is 5.78 Å². The zero-order chi connectivity index (χ0) is 7.98. The Bertz CT molecular complexity index is 133. The Morgan fingerprint density at radius 3 is 2.40 bits per heavy atom. The van der Waals surface area contributed by atoms with E-state index in [0.717, 1.165) is 0 Å². The number of alkyl halides is 1. The molecule has 0 saturated carbocycles. The Hall–Kier alpha value is -0.570. The molecule has 58 valence electrons. The first-order chi connectivity index (χ1) is 4.66. The molecule has 0 aliphatic rings. The van der Waals surface area contributed by atoms with Crippen LogP contribution in [0.5, 0.6) is 0 Å². The molecule has 0 spiro atoms. The highest BCUT2D eigenvalue weighted by molar-refractivity contribution is 6.17. The highest BCUT2D eigenvalue weighted by atomic mass is 35.5. The van der Waals surface area contributed by atoms with Crippen LogP contribution in [-0.2, 0) is 14.3 Å². The SMILES string of the molecule is CC(=O)CCC(=O)OCCl. The Labute approximate surface area is 64.3 Å². The number of esters is 1. The van der Waals surface area contributed by atoms with Crippen LogP contribution in [0.15, 0.2) is 0 Å². The zero-order valence-electron chi connectivity index (χ0n) is 5.72. The van der Waals surface area contributed by atoms with Gasteiger partial charge in [-0.15, -0.1) is 0 Å². The second kappa shape index (κ2) is 5.23. The molecule has 4 heteroatoms. The molecule has 3 nitrogen and oxygen atoms in total. The van der Waals surface area contributed by atoms with Crippen molar-refractivity contribution in [1.29, 1.82) is 0 Å². The van der Waals surface area contributed by atoms with Gasteiger partial charge in [-0.1, -0.05) is 11.6 Å². The average molecular weight is 165 g/mol. The van der Waals surface area contributed by atoms with Gasteiger partial charge in [-0.3, -0.25) is 4.79 Å². The average Bonchev–Trinajstić information content (AvgIpc) is 1.85. The molecule has 0 aromatic heterocycles. The first kappa shape index (κ1) is 9.43. The predicted octanol–water partition coefficient (Wildman–Crippen LogP) is 1.10. The van der Waals surface area contributed by atoms with E-state index >= 15 is 0 Å². The standard InChI is InChI=1S/C6H9ClO3/c1-5(8)2-3-6(9)10-4-7/h2-4H2,1H3. The summed E-state index contributed by atoms with van der Waals surface area (Å²) in [7, 11) is 0. The minimum Gasteiger partial charge on any atom is -0.449 e. The fourth-order valence-electron chi connectivity index (χ4n) is 0.411. The number of hydrogen-bond donors (Lipinski definition) is 0. The molecule has 0 heterocycles. The van der Waals surface area contributed by atoms with Crippen LogP contribution in [0.4, 0.5) is 0 Å². The third-order valence-corrected chi connectivity index (χ3v) is 1.01. The van der Waals surface area contributed by atoms with E-state index in [4.69, 9.17) is 11.6 Å². The Morgan fingerprint density at radius 2 is 2.00 bits per heavy atom. The predicted molar refractivity (Wildman–Crippen MR) is 36.7 cm³/mol. The van der Waals surface area contributed by atoms with Gasteiger partial charge in [0, 0.05) is 6.42 Å². The molecule has 0 saturated heterocycles. The first-order valence-electron chi connectivity index (χ1n) is 2.88. The van der Waals surface area contributed by atoms with Crippen molar-refractivity contribution >= 4 is 23.4 Å². The number of ketones is 1. The van der Waals surface area contributed by atoms with Gasteiger partial charge in [0.25, 0.3) is 0 Å². The number of ether oxygens (including phenoxy) is 1. The van der Waals surface area contributed by atoms with Crippen LogP contribution in [0, 0.1) is 0 Å². The molecule has 10 heavy (non-hydrogen) atoms. The molecule has 0 rings (SSSR count). The Balaban J connectivity index is 3.30. The number of rotatable bonds is 4. The molecule has 0 bridgehead atoms. The molecular formula is C6H9ClO3. The summed E-state index contributed by atoms with van der Waals surface area (Å²) in [6, 6.07) is -0.142. The van der Waals surface area contributed by atoms with Gasteiger partial charge in [-0.05, 0) is 6.92 Å². The van der Waals surface area contributed by atoms with Gasteiger partial charge >= 0.3 is 5.97 Å². The van der Waals surface area contributed by atoms with Gasteiger partial charge in [0.15, 0.2) is 6.07 Å². The minimum absolute atomic E-state index is 0.0217. The largest absolute Gasteiger partial charge is 0.449 e. The van der Waals surface area contributed by atoms with Gasteiger partial charge in [0.05, 0.1) is 6.42 Å². The van der Waals surface area contributed by atoms with E-state index in [1.807, 2.05) is 0 Å². The molecule has 0 unspecified atom stereocenters. The zero-order valence-corrected chi connectivity index (χ0v) is 6.48. The molecule has 0 aliphatic heterocycles. The second-order valence-electron chi connectivity index (χ2n) is 1.83. The maximum atomic E-state index is 10.5. The molecule has 0 aliphatic carbocycles. The highest BCUT2D eigenvalue weighted by Gasteiger charge is 2.02. The summed E-state index contributed by atoms with van der Waals surface area (Å²) in [5, 5.41) is 0. The Kier molecular flexibility index (Phi) is 4.94. The molecule has 0 N–H and O–H groups in total. The Morgan fingerprint density at radius 1 is 1.40 bits per heavy atom. The van der Waals surface area contributed by atoms with Crippen molar-refractivity contribution < 1.29 is 14.3 Å². The summed E-state index contributed by atoms with van der Waals surface area (Å²) in [6.07, 6.45) is 0.359. The monoisotopic (exact) mass is 164 g/mol. The van der Waals surface area contributed by atoms with Crippen molar-refractivity contribution in [2.45, 2.75) is 19.8 Å². The topological polar surface area (TPSA) is 43.4 Å². The molecule has 0 fully saturated rings. The van der Waals surface area contributed by atoms with Crippen molar-refractivity contribution in [3.8, 4) is 0 Å². The fraction of sp³-hybridized carbons (Fsp3) is 0.667. The van der Waals surface area contributed by atoms with Crippen LogP contribution in [0.25, 0.3) is 0 Å². The van der Waals surface area contributed by atoms with Crippen molar-refractivity contribution in [3.05, 3.63) is 0 Å². The van der Waals surface area contributed by atoms with Crippen molar-refractivity contribution in [1.82, 2.24) is 0 Å². The van der Waals surface area contributed by atoms with Gasteiger partial charge in [-0.25, -0.2) is 0 Å². The number of hydrogen-bond acceptors (Lipinski definition) is 3. The van der Waals surface area contributed by atoms with Crippen LogP contribution >= 0.6 is 11.6 Å². The molecule has 0 aromatic carbocycles. The maximum Gasteiger partial charge on any atom is 0.307 e. The molecule has 0 aromatic rings.